The Bertz CT molecular complexity index is 745. The van der Waals surface area contributed by atoms with E-state index >= 15 is 0 Å². The molecular formula is C18H16FNO3. The molecule has 2 aromatic rings. The van der Waals surface area contributed by atoms with Crippen LogP contribution >= 0.6 is 0 Å². The number of hydrogen-bond acceptors (Lipinski definition) is 3. The van der Waals surface area contributed by atoms with Crippen molar-refractivity contribution in [3.05, 3.63) is 59.9 Å². The van der Waals surface area contributed by atoms with Crippen molar-refractivity contribution in [3.8, 4) is 5.75 Å². The number of halogens is 1. The maximum Gasteiger partial charge on any atom is 0.227 e. The van der Waals surface area contributed by atoms with Gasteiger partial charge in [-0.1, -0.05) is 30.3 Å². The Balaban J connectivity index is 1.80. The number of rotatable bonds is 4. The number of nitrogens with zero attached hydrogens (tertiary/aromatic N) is 1. The van der Waals surface area contributed by atoms with E-state index in [0.29, 0.717) is 11.3 Å². The second kappa shape index (κ2) is 6.20. The smallest absolute Gasteiger partial charge is 0.227 e. The van der Waals surface area contributed by atoms with Crippen LogP contribution in [0.4, 0.5) is 10.1 Å². The Morgan fingerprint density at radius 2 is 1.96 bits per heavy atom. The van der Waals surface area contributed by atoms with E-state index in [1.165, 1.54) is 24.1 Å². The molecule has 1 unspecified atom stereocenters. The normalized spacial score (nSPS) is 17.4. The zero-order chi connectivity index (χ0) is 16.4. The van der Waals surface area contributed by atoms with Gasteiger partial charge in [-0.3, -0.25) is 9.59 Å². The minimum Gasteiger partial charge on any atom is -0.494 e. The fourth-order valence-electron chi connectivity index (χ4n) is 2.79. The number of amides is 1. The molecular weight excluding hydrogens is 297 g/mol. The van der Waals surface area contributed by atoms with E-state index in [-0.39, 0.29) is 30.4 Å². The number of ether oxygens (including phenoxy) is 1. The highest BCUT2D eigenvalue weighted by atomic mass is 19.1. The summed E-state index contributed by atoms with van der Waals surface area (Å²) in [6, 6.07) is 13.3. The summed E-state index contributed by atoms with van der Waals surface area (Å²) in [6.45, 7) is 0.262. The molecule has 0 aromatic heterocycles. The number of benzene rings is 2. The van der Waals surface area contributed by atoms with Crippen molar-refractivity contribution >= 4 is 17.4 Å². The van der Waals surface area contributed by atoms with Gasteiger partial charge in [-0.15, -0.1) is 0 Å². The number of carbonyl (C=O) groups is 2. The van der Waals surface area contributed by atoms with Gasteiger partial charge in [0, 0.05) is 36.2 Å². The summed E-state index contributed by atoms with van der Waals surface area (Å²) in [5, 5.41) is 0. The van der Waals surface area contributed by atoms with Crippen LogP contribution in [0.25, 0.3) is 0 Å². The van der Waals surface area contributed by atoms with Crippen LogP contribution in [0.2, 0.25) is 0 Å². The van der Waals surface area contributed by atoms with Gasteiger partial charge < -0.3 is 9.64 Å². The first-order chi connectivity index (χ1) is 11.1. The molecule has 23 heavy (non-hydrogen) atoms. The van der Waals surface area contributed by atoms with Crippen LogP contribution in [0.1, 0.15) is 16.8 Å². The summed E-state index contributed by atoms with van der Waals surface area (Å²) in [6.07, 6.45) is 0.140. The molecule has 0 radical (unpaired) electrons. The van der Waals surface area contributed by atoms with Gasteiger partial charge in [0.1, 0.15) is 0 Å². The lowest BCUT2D eigenvalue weighted by molar-refractivity contribution is -0.117. The molecule has 5 heteroatoms. The van der Waals surface area contributed by atoms with E-state index in [1.807, 2.05) is 6.07 Å². The highest BCUT2D eigenvalue weighted by Crippen LogP contribution is 2.30. The zero-order valence-electron chi connectivity index (χ0n) is 12.7. The van der Waals surface area contributed by atoms with Crippen LogP contribution in [-0.2, 0) is 4.79 Å². The molecule has 0 aliphatic carbocycles. The summed E-state index contributed by atoms with van der Waals surface area (Å²) in [5.74, 6) is -1.05. The SMILES string of the molecule is COc1ccc(N2CC(C(=O)c3ccccc3)CC2=O)cc1F. The van der Waals surface area contributed by atoms with Gasteiger partial charge >= 0.3 is 0 Å². The first-order valence-electron chi connectivity index (χ1n) is 7.33. The monoisotopic (exact) mass is 313 g/mol. The Kier molecular flexibility index (Phi) is 4.10. The molecule has 1 aliphatic rings. The predicted molar refractivity (Wildman–Crippen MR) is 84.2 cm³/mol. The largest absolute Gasteiger partial charge is 0.494 e. The molecule has 0 N–H and O–H groups in total. The maximum absolute atomic E-state index is 13.8. The third-order valence-electron chi connectivity index (χ3n) is 4.00. The summed E-state index contributed by atoms with van der Waals surface area (Å²) in [7, 11) is 1.38. The molecule has 1 saturated heterocycles. The quantitative estimate of drug-likeness (QED) is 0.815. The standard InChI is InChI=1S/C18H16FNO3/c1-23-16-8-7-14(10-15(16)19)20-11-13(9-17(20)21)18(22)12-5-3-2-4-6-12/h2-8,10,13H,9,11H2,1H3. The van der Waals surface area contributed by atoms with Crippen molar-refractivity contribution < 1.29 is 18.7 Å². The lowest BCUT2D eigenvalue weighted by Gasteiger charge is -2.17. The fraction of sp³-hybridized carbons (Fsp3) is 0.222. The Morgan fingerprint density at radius 3 is 2.61 bits per heavy atom. The van der Waals surface area contributed by atoms with Crippen molar-refractivity contribution in [1.82, 2.24) is 0 Å². The molecule has 0 bridgehead atoms. The average molecular weight is 313 g/mol. The summed E-state index contributed by atoms with van der Waals surface area (Å²) < 4.78 is 18.7. The maximum atomic E-state index is 13.8. The molecule has 2 aromatic carbocycles. The van der Waals surface area contributed by atoms with E-state index in [4.69, 9.17) is 4.74 Å². The number of ketones is 1. The van der Waals surface area contributed by atoms with Crippen molar-refractivity contribution in [1.29, 1.82) is 0 Å². The van der Waals surface area contributed by atoms with Crippen molar-refractivity contribution in [2.45, 2.75) is 6.42 Å². The fourth-order valence-corrected chi connectivity index (χ4v) is 2.79. The van der Waals surface area contributed by atoms with Crippen LogP contribution in [0.5, 0.6) is 5.75 Å². The summed E-state index contributed by atoms with van der Waals surface area (Å²) in [5.41, 5.74) is 1.03. The number of Topliss-reactive ketones (excluding diaryl/α,β-unsaturated/α-hetero) is 1. The van der Waals surface area contributed by atoms with E-state index in [1.54, 1.807) is 30.3 Å². The van der Waals surface area contributed by atoms with Crippen LogP contribution in [-0.4, -0.2) is 25.3 Å². The molecule has 1 amide bonds. The Hall–Kier alpha value is -2.69. The van der Waals surface area contributed by atoms with Gasteiger partial charge in [0.15, 0.2) is 17.3 Å². The van der Waals surface area contributed by atoms with Gasteiger partial charge in [-0.05, 0) is 12.1 Å². The van der Waals surface area contributed by atoms with Crippen LogP contribution in [0.15, 0.2) is 48.5 Å². The first kappa shape index (κ1) is 15.2. The second-order valence-electron chi connectivity index (χ2n) is 5.45. The predicted octanol–water partition coefficient (Wildman–Crippen LogP) is 3.07. The molecule has 118 valence electrons. The molecule has 0 saturated carbocycles. The van der Waals surface area contributed by atoms with Gasteiger partial charge in [-0.2, -0.15) is 0 Å². The van der Waals surface area contributed by atoms with Crippen molar-refractivity contribution in [2.75, 3.05) is 18.6 Å². The number of methoxy groups -OCH3 is 1. The number of hydrogen-bond donors (Lipinski definition) is 0. The first-order valence-corrected chi connectivity index (χ1v) is 7.33. The highest BCUT2D eigenvalue weighted by molar-refractivity contribution is 6.06. The van der Waals surface area contributed by atoms with Gasteiger partial charge in [0.25, 0.3) is 0 Å². The highest BCUT2D eigenvalue weighted by Gasteiger charge is 2.35. The zero-order valence-corrected chi connectivity index (χ0v) is 12.7. The lowest BCUT2D eigenvalue weighted by Crippen LogP contribution is -2.26. The molecule has 4 nitrogen and oxygen atoms in total. The third-order valence-corrected chi connectivity index (χ3v) is 4.00. The van der Waals surface area contributed by atoms with Gasteiger partial charge in [0.05, 0.1) is 7.11 Å². The van der Waals surface area contributed by atoms with E-state index in [2.05, 4.69) is 0 Å². The Morgan fingerprint density at radius 1 is 1.22 bits per heavy atom. The van der Waals surface area contributed by atoms with Crippen LogP contribution in [0.3, 0.4) is 0 Å². The minimum absolute atomic E-state index is 0.0598. The second-order valence-corrected chi connectivity index (χ2v) is 5.45. The average Bonchev–Trinajstić information content (AvgIpc) is 2.96. The molecule has 1 atom stereocenters. The Labute approximate surface area is 133 Å². The van der Waals surface area contributed by atoms with Gasteiger partial charge in [-0.25, -0.2) is 4.39 Å². The molecule has 3 rings (SSSR count). The molecule has 1 heterocycles. The van der Waals surface area contributed by atoms with E-state index in [0.717, 1.165) is 0 Å². The summed E-state index contributed by atoms with van der Waals surface area (Å²) >= 11 is 0. The lowest BCUT2D eigenvalue weighted by atomic mass is 9.97. The minimum atomic E-state index is -0.532. The van der Waals surface area contributed by atoms with Crippen molar-refractivity contribution in [2.24, 2.45) is 5.92 Å². The summed E-state index contributed by atoms with van der Waals surface area (Å²) in [4.78, 5) is 26.1. The number of carbonyl (C=O) groups excluding carboxylic acids is 2. The third kappa shape index (κ3) is 2.95. The molecule has 0 spiro atoms. The van der Waals surface area contributed by atoms with Crippen molar-refractivity contribution in [3.63, 3.8) is 0 Å². The van der Waals surface area contributed by atoms with Crippen LogP contribution in [0, 0.1) is 11.7 Å². The van der Waals surface area contributed by atoms with Gasteiger partial charge in [0.2, 0.25) is 5.91 Å². The topological polar surface area (TPSA) is 46.6 Å². The number of anilines is 1. The van der Waals surface area contributed by atoms with Crippen LogP contribution < -0.4 is 9.64 Å². The van der Waals surface area contributed by atoms with E-state index in [9.17, 15) is 14.0 Å². The molecule has 1 aliphatic heterocycles. The molecule has 1 fully saturated rings. The van der Waals surface area contributed by atoms with E-state index < -0.39 is 11.7 Å².